The Morgan fingerprint density at radius 3 is 2.54 bits per heavy atom. The van der Waals surface area contributed by atoms with Crippen LogP contribution in [0.2, 0.25) is 10.0 Å². The summed E-state index contributed by atoms with van der Waals surface area (Å²) in [7, 11) is 1.30. The lowest BCUT2D eigenvalue weighted by molar-refractivity contribution is -0.384. The van der Waals surface area contributed by atoms with E-state index >= 15 is 0 Å². The van der Waals surface area contributed by atoms with E-state index in [-0.39, 0.29) is 27.7 Å². The highest BCUT2D eigenvalue weighted by molar-refractivity contribution is 6.36. The molecule has 0 aromatic heterocycles. The number of ether oxygens (including phenoxy) is 2. The maximum atomic E-state index is 11.9. The van der Waals surface area contributed by atoms with Crippen molar-refractivity contribution < 1.29 is 24.0 Å². The van der Waals surface area contributed by atoms with Gasteiger partial charge in [-0.05, 0) is 24.3 Å². The Bertz CT molecular complexity index is 872. The number of nitro benzene ring substituents is 1. The van der Waals surface area contributed by atoms with Crippen LogP contribution in [0.25, 0.3) is 0 Å². The van der Waals surface area contributed by atoms with Crippen LogP contribution in [0.1, 0.15) is 10.4 Å². The van der Waals surface area contributed by atoms with Gasteiger partial charge in [0, 0.05) is 11.1 Å². The Kier molecular flexibility index (Phi) is 6.37. The standard InChI is InChI=1S/C16H12Cl2N2O6/c1-25-14-7-10(20(23)24)3-5-13(14)19-15(21)8-26-16(22)11-4-2-9(17)6-12(11)18/h2-7H,8H2,1H3,(H,19,21). The molecule has 2 rings (SSSR count). The molecule has 136 valence electrons. The lowest BCUT2D eigenvalue weighted by Crippen LogP contribution is -2.21. The van der Waals surface area contributed by atoms with E-state index in [1.165, 1.54) is 37.4 Å². The predicted molar refractivity (Wildman–Crippen MR) is 95.0 cm³/mol. The molecule has 0 radical (unpaired) electrons. The van der Waals surface area contributed by atoms with E-state index in [4.69, 9.17) is 32.7 Å². The molecule has 0 aliphatic heterocycles. The molecule has 0 fully saturated rings. The number of carbonyl (C=O) groups excluding carboxylic acids is 2. The average molecular weight is 399 g/mol. The minimum absolute atomic E-state index is 0.0665. The van der Waals surface area contributed by atoms with Crippen LogP contribution in [0.15, 0.2) is 36.4 Å². The SMILES string of the molecule is COc1cc([N+](=O)[O-])ccc1NC(=O)COC(=O)c1ccc(Cl)cc1Cl. The minimum Gasteiger partial charge on any atom is -0.494 e. The van der Waals surface area contributed by atoms with Gasteiger partial charge in [0.05, 0.1) is 34.4 Å². The van der Waals surface area contributed by atoms with Gasteiger partial charge < -0.3 is 14.8 Å². The molecule has 0 saturated heterocycles. The van der Waals surface area contributed by atoms with Crippen molar-refractivity contribution in [2.75, 3.05) is 19.0 Å². The topological polar surface area (TPSA) is 108 Å². The van der Waals surface area contributed by atoms with Crippen molar-refractivity contribution in [3.63, 3.8) is 0 Å². The number of hydrogen-bond acceptors (Lipinski definition) is 6. The summed E-state index contributed by atoms with van der Waals surface area (Å²) in [6, 6.07) is 7.90. The van der Waals surface area contributed by atoms with Crippen LogP contribution in [0.4, 0.5) is 11.4 Å². The molecule has 10 heteroatoms. The number of nitrogens with one attached hydrogen (secondary N) is 1. The van der Waals surface area contributed by atoms with E-state index in [0.29, 0.717) is 5.02 Å². The Morgan fingerprint density at radius 2 is 1.92 bits per heavy atom. The average Bonchev–Trinajstić information content (AvgIpc) is 2.59. The molecule has 26 heavy (non-hydrogen) atoms. The smallest absolute Gasteiger partial charge is 0.340 e. The first kappa shape index (κ1) is 19.5. The Labute approximate surface area is 157 Å². The molecule has 0 aliphatic rings. The van der Waals surface area contributed by atoms with Crippen LogP contribution in [-0.4, -0.2) is 30.5 Å². The first-order valence-electron chi connectivity index (χ1n) is 7.06. The van der Waals surface area contributed by atoms with Gasteiger partial charge in [-0.25, -0.2) is 4.79 Å². The zero-order chi connectivity index (χ0) is 19.3. The maximum absolute atomic E-state index is 11.9. The minimum atomic E-state index is -0.794. The summed E-state index contributed by atoms with van der Waals surface area (Å²) in [5.74, 6) is -1.35. The lowest BCUT2D eigenvalue weighted by atomic mass is 10.2. The van der Waals surface area contributed by atoms with Gasteiger partial charge in [-0.1, -0.05) is 23.2 Å². The largest absolute Gasteiger partial charge is 0.494 e. The molecule has 0 aliphatic carbocycles. The third kappa shape index (κ3) is 4.84. The van der Waals surface area contributed by atoms with Gasteiger partial charge in [0.1, 0.15) is 5.75 Å². The van der Waals surface area contributed by atoms with E-state index in [2.05, 4.69) is 5.32 Å². The molecule has 0 bridgehead atoms. The number of non-ortho nitro benzene ring substituents is 1. The number of esters is 1. The second-order valence-corrected chi connectivity index (χ2v) is 5.73. The molecular formula is C16H12Cl2N2O6. The van der Waals surface area contributed by atoms with Crippen LogP contribution < -0.4 is 10.1 Å². The summed E-state index contributed by atoms with van der Waals surface area (Å²) in [5.41, 5.74) is 0.0733. The predicted octanol–water partition coefficient (Wildman–Crippen LogP) is 3.71. The van der Waals surface area contributed by atoms with Crippen LogP contribution >= 0.6 is 23.2 Å². The summed E-state index contributed by atoms with van der Waals surface area (Å²) in [6.07, 6.45) is 0. The number of anilines is 1. The van der Waals surface area contributed by atoms with Crippen LogP contribution in [0.3, 0.4) is 0 Å². The number of carbonyl (C=O) groups is 2. The molecule has 0 atom stereocenters. The first-order valence-corrected chi connectivity index (χ1v) is 7.82. The number of hydrogen-bond donors (Lipinski definition) is 1. The third-order valence-electron chi connectivity index (χ3n) is 3.16. The molecule has 0 saturated carbocycles. The lowest BCUT2D eigenvalue weighted by Gasteiger charge is -2.10. The van der Waals surface area contributed by atoms with E-state index in [0.717, 1.165) is 6.07 Å². The first-order chi connectivity index (χ1) is 12.3. The van der Waals surface area contributed by atoms with Gasteiger partial charge in [0.2, 0.25) is 0 Å². The van der Waals surface area contributed by atoms with E-state index in [1.54, 1.807) is 0 Å². The van der Waals surface area contributed by atoms with Crippen molar-refractivity contribution in [2.24, 2.45) is 0 Å². The Hall–Kier alpha value is -2.84. The van der Waals surface area contributed by atoms with Gasteiger partial charge in [-0.15, -0.1) is 0 Å². The summed E-state index contributed by atoms with van der Waals surface area (Å²) in [5, 5.41) is 13.6. The van der Waals surface area contributed by atoms with Gasteiger partial charge in [-0.3, -0.25) is 14.9 Å². The highest BCUT2D eigenvalue weighted by atomic mass is 35.5. The highest BCUT2D eigenvalue weighted by Crippen LogP contribution is 2.29. The molecule has 1 N–H and O–H groups in total. The van der Waals surface area contributed by atoms with E-state index in [9.17, 15) is 19.7 Å². The van der Waals surface area contributed by atoms with Crippen LogP contribution in [-0.2, 0) is 9.53 Å². The maximum Gasteiger partial charge on any atom is 0.340 e. The summed E-state index contributed by atoms with van der Waals surface area (Å²) < 4.78 is 9.89. The van der Waals surface area contributed by atoms with Gasteiger partial charge in [-0.2, -0.15) is 0 Å². The van der Waals surface area contributed by atoms with Crippen molar-refractivity contribution in [1.29, 1.82) is 0 Å². The number of methoxy groups -OCH3 is 1. The van der Waals surface area contributed by atoms with Crippen LogP contribution in [0.5, 0.6) is 5.75 Å². The molecule has 0 unspecified atom stereocenters. The quantitative estimate of drug-likeness (QED) is 0.451. The summed E-state index contributed by atoms with van der Waals surface area (Å²) in [4.78, 5) is 34.0. The van der Waals surface area contributed by atoms with Gasteiger partial charge in [0.25, 0.3) is 11.6 Å². The highest BCUT2D eigenvalue weighted by Gasteiger charge is 2.16. The van der Waals surface area contributed by atoms with Gasteiger partial charge >= 0.3 is 5.97 Å². The van der Waals surface area contributed by atoms with Gasteiger partial charge in [0.15, 0.2) is 6.61 Å². The second-order valence-electron chi connectivity index (χ2n) is 4.89. The van der Waals surface area contributed by atoms with Crippen molar-refractivity contribution in [2.45, 2.75) is 0 Å². The Balaban J connectivity index is 2.00. The number of benzene rings is 2. The molecule has 0 heterocycles. The summed E-state index contributed by atoms with van der Waals surface area (Å²) in [6.45, 7) is -0.585. The fourth-order valence-corrected chi connectivity index (χ4v) is 2.43. The fraction of sp³-hybridized carbons (Fsp3) is 0.125. The monoisotopic (exact) mass is 398 g/mol. The zero-order valence-corrected chi connectivity index (χ0v) is 14.8. The molecular weight excluding hydrogens is 387 g/mol. The normalized spacial score (nSPS) is 10.1. The fourth-order valence-electron chi connectivity index (χ4n) is 1.95. The molecule has 2 aromatic carbocycles. The number of nitro groups is 1. The van der Waals surface area contributed by atoms with Crippen molar-refractivity contribution in [3.8, 4) is 5.75 Å². The Morgan fingerprint density at radius 1 is 1.19 bits per heavy atom. The van der Waals surface area contributed by atoms with Crippen molar-refractivity contribution in [1.82, 2.24) is 0 Å². The molecule has 8 nitrogen and oxygen atoms in total. The number of nitrogens with zero attached hydrogens (tertiary/aromatic N) is 1. The molecule has 0 spiro atoms. The third-order valence-corrected chi connectivity index (χ3v) is 3.70. The van der Waals surface area contributed by atoms with Crippen molar-refractivity contribution >= 4 is 46.5 Å². The molecule has 1 amide bonds. The number of rotatable bonds is 6. The van der Waals surface area contributed by atoms with E-state index in [1.807, 2.05) is 0 Å². The number of halogens is 2. The second kappa shape index (κ2) is 8.50. The van der Waals surface area contributed by atoms with E-state index < -0.39 is 23.4 Å². The van der Waals surface area contributed by atoms with Crippen LogP contribution in [0, 0.1) is 10.1 Å². The number of amides is 1. The zero-order valence-electron chi connectivity index (χ0n) is 13.3. The summed E-state index contributed by atoms with van der Waals surface area (Å²) >= 11 is 11.6. The van der Waals surface area contributed by atoms with Crippen molar-refractivity contribution in [3.05, 3.63) is 62.1 Å². The molecule has 2 aromatic rings.